The van der Waals surface area contributed by atoms with Gasteiger partial charge in [-0.15, -0.1) is 34.8 Å². The van der Waals surface area contributed by atoms with E-state index in [1.165, 1.54) is 0 Å². The highest BCUT2D eigenvalue weighted by Crippen LogP contribution is 2.34. The Bertz CT molecular complexity index is 201. The standard InChI is InChI=1S/C12H20Cl6/c1-9(13)11(15)7-5-3-2-4-6-10(14)8-12(16,17)18/h9-11H,2-8H2,1H3. The zero-order valence-electron chi connectivity index (χ0n) is 10.4. The Hall–Kier alpha value is 1.74. The van der Waals surface area contributed by atoms with Crippen molar-refractivity contribution in [2.45, 2.75) is 71.8 Å². The Morgan fingerprint density at radius 1 is 0.833 bits per heavy atom. The molecular weight excluding hydrogens is 357 g/mol. The first-order valence-electron chi connectivity index (χ1n) is 6.21. The molecule has 0 N–H and O–H groups in total. The molecule has 110 valence electrons. The zero-order valence-corrected chi connectivity index (χ0v) is 15.0. The maximum atomic E-state index is 6.08. The van der Waals surface area contributed by atoms with Crippen molar-refractivity contribution in [3.63, 3.8) is 0 Å². The molecule has 0 nitrogen and oxygen atoms in total. The maximum absolute atomic E-state index is 6.08. The summed E-state index contributed by atoms with van der Waals surface area (Å²) in [6.07, 6.45) is 6.66. The molecule has 3 unspecified atom stereocenters. The number of hydrogen-bond acceptors (Lipinski definition) is 0. The van der Waals surface area contributed by atoms with Gasteiger partial charge in [0.05, 0.1) is 0 Å². The van der Waals surface area contributed by atoms with E-state index in [1.54, 1.807) is 0 Å². The van der Waals surface area contributed by atoms with Crippen LogP contribution < -0.4 is 0 Å². The molecule has 0 aliphatic rings. The molecule has 0 aliphatic heterocycles. The van der Waals surface area contributed by atoms with E-state index in [9.17, 15) is 0 Å². The van der Waals surface area contributed by atoms with Gasteiger partial charge in [0, 0.05) is 22.6 Å². The molecule has 0 fully saturated rings. The van der Waals surface area contributed by atoms with Crippen LogP contribution in [0.25, 0.3) is 0 Å². The average molecular weight is 377 g/mol. The number of hydrogen-bond donors (Lipinski definition) is 0. The first-order valence-corrected chi connectivity index (χ1v) is 8.65. The van der Waals surface area contributed by atoms with Crippen molar-refractivity contribution in [3.8, 4) is 0 Å². The van der Waals surface area contributed by atoms with Gasteiger partial charge in [-0.3, -0.25) is 0 Å². The predicted molar refractivity (Wildman–Crippen MR) is 87.2 cm³/mol. The minimum atomic E-state index is -1.24. The quantitative estimate of drug-likeness (QED) is 0.302. The van der Waals surface area contributed by atoms with Gasteiger partial charge >= 0.3 is 0 Å². The van der Waals surface area contributed by atoms with Crippen molar-refractivity contribution in [1.29, 1.82) is 0 Å². The molecule has 0 amide bonds. The molecular formula is C12H20Cl6. The van der Waals surface area contributed by atoms with E-state index >= 15 is 0 Å². The molecule has 0 aromatic rings. The second-order valence-electron chi connectivity index (χ2n) is 4.60. The number of halogens is 6. The molecule has 0 spiro atoms. The molecule has 0 aromatic carbocycles. The summed E-state index contributed by atoms with van der Waals surface area (Å²) in [5.74, 6) is 0. The normalized spacial score (nSPS) is 17.5. The summed E-state index contributed by atoms with van der Waals surface area (Å²) < 4.78 is -1.24. The fourth-order valence-corrected chi connectivity index (χ4v) is 3.10. The fourth-order valence-electron chi connectivity index (χ4n) is 1.64. The Kier molecular flexibility index (Phi) is 11.5. The SMILES string of the molecule is CC(Cl)C(Cl)CCCCCCC(Cl)CC(Cl)(Cl)Cl. The molecule has 0 aliphatic carbocycles. The van der Waals surface area contributed by atoms with E-state index in [-0.39, 0.29) is 16.1 Å². The van der Waals surface area contributed by atoms with E-state index in [4.69, 9.17) is 69.6 Å². The minimum absolute atomic E-state index is 0.0307. The minimum Gasteiger partial charge on any atom is -0.123 e. The van der Waals surface area contributed by atoms with Crippen LogP contribution in [0.2, 0.25) is 0 Å². The lowest BCUT2D eigenvalue weighted by molar-refractivity contribution is 0.564. The van der Waals surface area contributed by atoms with Crippen molar-refractivity contribution in [1.82, 2.24) is 0 Å². The molecule has 18 heavy (non-hydrogen) atoms. The van der Waals surface area contributed by atoms with Crippen LogP contribution in [0.1, 0.15) is 51.9 Å². The first-order chi connectivity index (χ1) is 8.22. The van der Waals surface area contributed by atoms with Crippen molar-refractivity contribution < 1.29 is 0 Å². The second kappa shape index (κ2) is 10.5. The van der Waals surface area contributed by atoms with Crippen LogP contribution in [0.15, 0.2) is 0 Å². The molecule has 0 rings (SSSR count). The average Bonchev–Trinajstić information content (AvgIpc) is 2.19. The summed E-state index contributed by atoms with van der Waals surface area (Å²) in [5.41, 5.74) is 0. The van der Waals surface area contributed by atoms with Crippen molar-refractivity contribution in [2.75, 3.05) is 0 Å². The van der Waals surface area contributed by atoms with Crippen LogP contribution in [-0.4, -0.2) is 19.9 Å². The molecule has 0 saturated heterocycles. The van der Waals surface area contributed by atoms with Gasteiger partial charge in [-0.1, -0.05) is 60.5 Å². The lowest BCUT2D eigenvalue weighted by Crippen LogP contribution is -2.11. The van der Waals surface area contributed by atoms with Crippen molar-refractivity contribution in [2.24, 2.45) is 0 Å². The molecule has 0 saturated carbocycles. The van der Waals surface area contributed by atoms with Gasteiger partial charge in [-0.2, -0.15) is 0 Å². The third-order valence-corrected chi connectivity index (χ3v) is 4.56. The highest BCUT2D eigenvalue weighted by Gasteiger charge is 2.23. The van der Waals surface area contributed by atoms with E-state index in [2.05, 4.69) is 0 Å². The summed E-state index contributed by atoms with van der Waals surface area (Å²) in [6.45, 7) is 1.92. The Balaban J connectivity index is 3.41. The van der Waals surface area contributed by atoms with Crippen molar-refractivity contribution >= 4 is 69.6 Å². The Morgan fingerprint density at radius 2 is 1.33 bits per heavy atom. The van der Waals surface area contributed by atoms with E-state index < -0.39 is 3.79 Å². The molecule has 3 atom stereocenters. The van der Waals surface area contributed by atoms with Crippen LogP contribution in [0.3, 0.4) is 0 Å². The lowest BCUT2D eigenvalue weighted by Gasteiger charge is -2.15. The van der Waals surface area contributed by atoms with Crippen molar-refractivity contribution in [3.05, 3.63) is 0 Å². The first kappa shape index (κ1) is 19.7. The highest BCUT2D eigenvalue weighted by atomic mass is 35.6. The maximum Gasteiger partial charge on any atom is 0.192 e. The second-order valence-corrected chi connectivity index (χ2v) is 8.98. The van der Waals surface area contributed by atoms with E-state index in [0.29, 0.717) is 6.42 Å². The smallest absolute Gasteiger partial charge is 0.123 e. The van der Waals surface area contributed by atoms with Gasteiger partial charge in [0.2, 0.25) is 0 Å². The van der Waals surface area contributed by atoms with E-state index in [0.717, 1.165) is 38.5 Å². The lowest BCUT2D eigenvalue weighted by atomic mass is 10.1. The van der Waals surface area contributed by atoms with Crippen LogP contribution in [0.5, 0.6) is 0 Å². The summed E-state index contributed by atoms with van der Waals surface area (Å²) in [7, 11) is 0. The van der Waals surface area contributed by atoms with Gasteiger partial charge in [0.1, 0.15) is 0 Å². The van der Waals surface area contributed by atoms with Gasteiger partial charge < -0.3 is 0 Å². The molecule has 0 heterocycles. The van der Waals surface area contributed by atoms with Crippen LogP contribution in [0.4, 0.5) is 0 Å². The topological polar surface area (TPSA) is 0 Å². The Morgan fingerprint density at radius 3 is 1.78 bits per heavy atom. The summed E-state index contributed by atoms with van der Waals surface area (Å²) in [6, 6.07) is 0. The zero-order chi connectivity index (χ0) is 14.2. The Labute approximate surface area is 141 Å². The highest BCUT2D eigenvalue weighted by molar-refractivity contribution is 6.67. The third kappa shape index (κ3) is 12.8. The van der Waals surface area contributed by atoms with Crippen LogP contribution >= 0.6 is 69.6 Å². The van der Waals surface area contributed by atoms with Gasteiger partial charge in [0.25, 0.3) is 0 Å². The largest absolute Gasteiger partial charge is 0.192 e. The van der Waals surface area contributed by atoms with Gasteiger partial charge in [-0.05, 0) is 19.8 Å². The van der Waals surface area contributed by atoms with E-state index in [1.807, 2.05) is 6.92 Å². The monoisotopic (exact) mass is 374 g/mol. The number of unbranched alkanes of at least 4 members (excludes halogenated alkanes) is 3. The molecule has 0 radical (unpaired) electrons. The molecule has 0 aromatic heterocycles. The number of alkyl halides is 6. The summed E-state index contributed by atoms with van der Waals surface area (Å²) in [4.78, 5) is 0. The fraction of sp³-hybridized carbons (Fsp3) is 1.00. The van der Waals surface area contributed by atoms with Gasteiger partial charge in [0.15, 0.2) is 3.79 Å². The molecule has 6 heteroatoms. The van der Waals surface area contributed by atoms with Crippen LogP contribution in [0, 0.1) is 0 Å². The summed E-state index contributed by atoms with van der Waals surface area (Å²) >= 11 is 35.0. The number of rotatable bonds is 9. The third-order valence-electron chi connectivity index (χ3n) is 2.70. The molecule has 0 bridgehead atoms. The predicted octanol–water partition coefficient (Wildman–Crippen LogP) is 6.93. The van der Waals surface area contributed by atoms with Crippen LogP contribution in [-0.2, 0) is 0 Å². The van der Waals surface area contributed by atoms with Gasteiger partial charge in [-0.25, -0.2) is 0 Å². The summed E-state index contributed by atoms with van der Waals surface area (Å²) in [5, 5.41) is 0.0288.